The second-order valence-electron chi connectivity index (χ2n) is 7.02. The molecule has 0 radical (unpaired) electrons. The molecule has 142 valence electrons. The Morgan fingerprint density at radius 3 is 1.59 bits per heavy atom. The number of rotatable bonds is 4. The lowest BCUT2D eigenvalue weighted by atomic mass is 10.1. The molecule has 0 bridgehead atoms. The van der Waals surface area contributed by atoms with Gasteiger partial charge in [0, 0.05) is 35.1 Å². The molecule has 0 unspecified atom stereocenters. The molecular weight excluding hydrogens is 344 g/mol. The third-order valence-corrected chi connectivity index (χ3v) is 3.53. The van der Waals surface area contributed by atoms with E-state index in [2.05, 4.69) is 21.3 Å². The molecule has 4 N–H and O–H groups in total. The average molecular weight is 368 g/mol. The first-order valence-corrected chi connectivity index (χ1v) is 8.51. The van der Waals surface area contributed by atoms with E-state index in [0.29, 0.717) is 22.5 Å². The Morgan fingerprint density at radius 2 is 1.15 bits per heavy atom. The van der Waals surface area contributed by atoms with Crippen molar-refractivity contribution < 1.29 is 14.4 Å². The van der Waals surface area contributed by atoms with Gasteiger partial charge in [0.15, 0.2) is 0 Å². The summed E-state index contributed by atoms with van der Waals surface area (Å²) >= 11 is 0. The predicted molar refractivity (Wildman–Crippen MR) is 106 cm³/mol. The molecule has 4 amide bonds. The largest absolute Gasteiger partial charge is 0.347 e. The minimum absolute atomic E-state index is 0.186. The Balaban J connectivity index is 1.99. The Bertz CT molecular complexity index is 822. The molecule has 2 rings (SSSR count). The van der Waals surface area contributed by atoms with Gasteiger partial charge in [0.2, 0.25) is 0 Å². The van der Waals surface area contributed by atoms with E-state index < -0.39 is 0 Å². The molecule has 0 aliphatic carbocycles. The molecular formula is C20H24N4O3. The van der Waals surface area contributed by atoms with E-state index >= 15 is 0 Å². The topological polar surface area (TPSA) is 99.3 Å². The summed E-state index contributed by atoms with van der Waals surface area (Å²) in [4.78, 5) is 35.7. The summed E-state index contributed by atoms with van der Waals surface area (Å²) in [7, 11) is 1.53. The van der Waals surface area contributed by atoms with E-state index in [1.165, 1.54) is 7.05 Å². The number of carbonyl (C=O) groups excluding carboxylic acids is 3. The fourth-order valence-electron chi connectivity index (χ4n) is 2.22. The van der Waals surface area contributed by atoms with Crippen molar-refractivity contribution in [2.24, 2.45) is 0 Å². The van der Waals surface area contributed by atoms with Crippen LogP contribution in [0, 0.1) is 0 Å². The minimum atomic E-state index is -0.327. The summed E-state index contributed by atoms with van der Waals surface area (Å²) in [5, 5.41) is 10.7. The Labute approximate surface area is 158 Å². The Hall–Kier alpha value is -3.35. The molecule has 2 aromatic rings. The van der Waals surface area contributed by atoms with Crippen molar-refractivity contribution in [1.29, 1.82) is 0 Å². The molecule has 0 fully saturated rings. The third-order valence-electron chi connectivity index (χ3n) is 3.53. The van der Waals surface area contributed by atoms with Gasteiger partial charge in [-0.2, -0.15) is 0 Å². The molecule has 7 nitrogen and oxygen atoms in total. The lowest BCUT2D eigenvalue weighted by Gasteiger charge is -2.20. The van der Waals surface area contributed by atoms with Crippen molar-refractivity contribution in [2.45, 2.75) is 26.3 Å². The normalized spacial score (nSPS) is 10.7. The molecule has 2 aromatic carbocycles. The van der Waals surface area contributed by atoms with Crippen LogP contribution in [-0.2, 0) is 0 Å². The molecule has 0 atom stereocenters. The fraction of sp³-hybridized carbons (Fsp3) is 0.250. The summed E-state index contributed by atoms with van der Waals surface area (Å²) in [6.07, 6.45) is 0. The van der Waals surface area contributed by atoms with Crippen LogP contribution >= 0.6 is 0 Å². The minimum Gasteiger partial charge on any atom is -0.347 e. The van der Waals surface area contributed by atoms with Crippen LogP contribution in [0.1, 0.15) is 41.5 Å². The number of anilines is 2. The zero-order valence-electron chi connectivity index (χ0n) is 15.8. The highest BCUT2D eigenvalue weighted by Crippen LogP contribution is 2.15. The van der Waals surface area contributed by atoms with E-state index in [1.54, 1.807) is 48.5 Å². The smallest absolute Gasteiger partial charge is 0.318 e. The first kappa shape index (κ1) is 20.0. The maximum Gasteiger partial charge on any atom is 0.318 e. The van der Waals surface area contributed by atoms with Gasteiger partial charge in [-0.25, -0.2) is 4.79 Å². The second kappa shape index (κ2) is 8.35. The maximum absolute atomic E-state index is 12.3. The Morgan fingerprint density at radius 1 is 0.704 bits per heavy atom. The number of amides is 4. The van der Waals surface area contributed by atoms with Crippen molar-refractivity contribution >= 4 is 29.2 Å². The van der Waals surface area contributed by atoms with E-state index in [9.17, 15) is 14.4 Å². The van der Waals surface area contributed by atoms with Crippen molar-refractivity contribution in [3.05, 3.63) is 59.7 Å². The van der Waals surface area contributed by atoms with Gasteiger partial charge in [-0.1, -0.05) is 0 Å². The highest BCUT2D eigenvalue weighted by Gasteiger charge is 2.15. The number of hydrogen-bond acceptors (Lipinski definition) is 3. The lowest BCUT2D eigenvalue weighted by molar-refractivity contribution is 0.0918. The van der Waals surface area contributed by atoms with Crippen LogP contribution in [0.3, 0.4) is 0 Å². The highest BCUT2D eigenvalue weighted by molar-refractivity contribution is 6.05. The van der Waals surface area contributed by atoms with Gasteiger partial charge in [-0.05, 0) is 69.3 Å². The molecule has 0 aliphatic rings. The summed E-state index contributed by atoms with van der Waals surface area (Å²) in [6.45, 7) is 5.71. The zero-order valence-corrected chi connectivity index (χ0v) is 15.8. The second-order valence-corrected chi connectivity index (χ2v) is 7.02. The zero-order chi connectivity index (χ0) is 20.0. The number of benzene rings is 2. The summed E-state index contributed by atoms with van der Waals surface area (Å²) in [5.74, 6) is -0.474. The van der Waals surface area contributed by atoms with Gasteiger partial charge in [0.1, 0.15) is 0 Å². The van der Waals surface area contributed by atoms with Crippen LogP contribution in [0.5, 0.6) is 0 Å². The van der Waals surface area contributed by atoms with Crippen molar-refractivity contribution in [1.82, 2.24) is 10.6 Å². The van der Waals surface area contributed by atoms with Gasteiger partial charge >= 0.3 is 6.03 Å². The third kappa shape index (κ3) is 6.14. The van der Waals surface area contributed by atoms with E-state index in [1.807, 2.05) is 20.8 Å². The number of hydrogen-bond donors (Lipinski definition) is 4. The quantitative estimate of drug-likeness (QED) is 0.667. The summed E-state index contributed by atoms with van der Waals surface area (Å²) in [5.41, 5.74) is 1.81. The van der Waals surface area contributed by atoms with Gasteiger partial charge in [-0.3, -0.25) is 9.59 Å². The van der Waals surface area contributed by atoms with E-state index in [4.69, 9.17) is 0 Å². The first-order chi connectivity index (χ1) is 12.7. The van der Waals surface area contributed by atoms with Gasteiger partial charge in [-0.15, -0.1) is 0 Å². The summed E-state index contributed by atoms with van der Waals surface area (Å²) in [6, 6.07) is 12.9. The standard InChI is InChI=1S/C20H24N4O3/c1-20(2,3)24-18(26)14-7-5-13(6-8-14)17(25)22-15-9-11-16(12-10-15)23-19(27)21-4/h5-12H,1-4H3,(H,22,25)(H,24,26)(H2,21,23,27). The molecule has 0 aliphatic heterocycles. The lowest BCUT2D eigenvalue weighted by Crippen LogP contribution is -2.40. The van der Waals surface area contributed by atoms with Gasteiger partial charge in [0.25, 0.3) is 11.8 Å². The molecule has 0 spiro atoms. The number of urea groups is 1. The van der Waals surface area contributed by atoms with E-state index in [-0.39, 0.29) is 23.4 Å². The molecule has 0 aromatic heterocycles. The van der Waals surface area contributed by atoms with Crippen molar-refractivity contribution in [3.63, 3.8) is 0 Å². The van der Waals surface area contributed by atoms with Crippen LogP contribution in [0.25, 0.3) is 0 Å². The van der Waals surface area contributed by atoms with Gasteiger partial charge in [0.05, 0.1) is 0 Å². The molecule has 0 saturated carbocycles. The predicted octanol–water partition coefficient (Wildman–Crippen LogP) is 3.22. The monoisotopic (exact) mass is 368 g/mol. The Kier molecular flexibility index (Phi) is 6.18. The van der Waals surface area contributed by atoms with Crippen molar-refractivity contribution in [3.8, 4) is 0 Å². The highest BCUT2D eigenvalue weighted by atomic mass is 16.2. The van der Waals surface area contributed by atoms with Crippen LogP contribution in [0.4, 0.5) is 16.2 Å². The SMILES string of the molecule is CNC(=O)Nc1ccc(NC(=O)c2ccc(C(=O)NC(C)(C)C)cc2)cc1. The first-order valence-electron chi connectivity index (χ1n) is 8.51. The molecule has 27 heavy (non-hydrogen) atoms. The van der Waals surface area contributed by atoms with Crippen molar-refractivity contribution in [2.75, 3.05) is 17.7 Å². The number of nitrogens with one attached hydrogen (secondary N) is 4. The van der Waals surface area contributed by atoms with Crippen LogP contribution in [0.2, 0.25) is 0 Å². The molecule has 0 saturated heterocycles. The maximum atomic E-state index is 12.3. The number of carbonyl (C=O) groups is 3. The van der Waals surface area contributed by atoms with Crippen LogP contribution in [-0.4, -0.2) is 30.4 Å². The molecule has 0 heterocycles. The van der Waals surface area contributed by atoms with Crippen LogP contribution < -0.4 is 21.3 Å². The summed E-state index contributed by atoms with van der Waals surface area (Å²) < 4.78 is 0. The van der Waals surface area contributed by atoms with E-state index in [0.717, 1.165) is 0 Å². The molecule has 7 heteroatoms. The van der Waals surface area contributed by atoms with Crippen LogP contribution in [0.15, 0.2) is 48.5 Å². The van der Waals surface area contributed by atoms with Gasteiger partial charge < -0.3 is 21.3 Å². The fourth-order valence-corrected chi connectivity index (χ4v) is 2.22. The average Bonchev–Trinajstić information content (AvgIpc) is 2.62.